The fourth-order valence-corrected chi connectivity index (χ4v) is 3.73. The van der Waals surface area contributed by atoms with E-state index in [2.05, 4.69) is 36.6 Å². The molecule has 3 heteroatoms. The molecule has 1 aromatic carbocycles. The molecule has 1 saturated heterocycles. The van der Waals surface area contributed by atoms with E-state index < -0.39 is 0 Å². The molecule has 1 aliphatic carbocycles. The number of fused-ring (bicyclic) bond motifs is 1. The highest BCUT2D eigenvalue weighted by Crippen LogP contribution is 2.33. The molecule has 1 aliphatic heterocycles. The second-order valence-electron chi connectivity index (χ2n) is 6.88. The number of carbonyl (C=O) groups excluding carboxylic acids is 1. The third-order valence-electron chi connectivity index (χ3n) is 5.00. The zero-order chi connectivity index (χ0) is 14.8. The van der Waals surface area contributed by atoms with Gasteiger partial charge in [0.25, 0.3) is 0 Å². The van der Waals surface area contributed by atoms with Gasteiger partial charge in [0.05, 0.1) is 6.04 Å². The molecule has 0 spiro atoms. The van der Waals surface area contributed by atoms with Crippen LogP contribution in [0, 0.1) is 5.92 Å². The Morgan fingerprint density at radius 2 is 2.10 bits per heavy atom. The first-order valence-electron chi connectivity index (χ1n) is 8.30. The van der Waals surface area contributed by atoms with E-state index in [0.29, 0.717) is 17.9 Å². The zero-order valence-electron chi connectivity index (χ0n) is 13.1. The van der Waals surface area contributed by atoms with Gasteiger partial charge in [-0.2, -0.15) is 0 Å². The van der Waals surface area contributed by atoms with Gasteiger partial charge in [0.1, 0.15) is 0 Å². The molecule has 21 heavy (non-hydrogen) atoms. The van der Waals surface area contributed by atoms with Crippen molar-refractivity contribution in [3.05, 3.63) is 29.8 Å². The quantitative estimate of drug-likeness (QED) is 0.890. The fourth-order valence-electron chi connectivity index (χ4n) is 3.73. The third kappa shape index (κ3) is 3.29. The summed E-state index contributed by atoms with van der Waals surface area (Å²) >= 11 is 0. The van der Waals surface area contributed by atoms with Gasteiger partial charge >= 0.3 is 0 Å². The molecule has 0 aromatic heterocycles. The highest BCUT2D eigenvalue weighted by atomic mass is 16.2. The summed E-state index contributed by atoms with van der Waals surface area (Å²) in [5, 5.41) is 6.63. The van der Waals surface area contributed by atoms with Crippen LogP contribution in [0.3, 0.4) is 0 Å². The van der Waals surface area contributed by atoms with Crippen molar-refractivity contribution in [2.75, 3.05) is 5.32 Å². The molecule has 1 saturated carbocycles. The predicted molar refractivity (Wildman–Crippen MR) is 86.4 cm³/mol. The number of amides is 1. The van der Waals surface area contributed by atoms with Crippen molar-refractivity contribution in [2.45, 2.75) is 64.0 Å². The lowest BCUT2D eigenvalue weighted by Crippen LogP contribution is -2.39. The van der Waals surface area contributed by atoms with Gasteiger partial charge in [-0.25, -0.2) is 0 Å². The molecule has 3 rings (SSSR count). The first-order valence-corrected chi connectivity index (χ1v) is 8.30. The van der Waals surface area contributed by atoms with Crippen molar-refractivity contribution in [3.8, 4) is 0 Å². The van der Waals surface area contributed by atoms with Crippen LogP contribution in [0.2, 0.25) is 0 Å². The Kier molecular flexibility index (Phi) is 4.29. The Morgan fingerprint density at radius 1 is 1.29 bits per heavy atom. The normalized spacial score (nSPS) is 28.4. The third-order valence-corrected chi connectivity index (χ3v) is 5.00. The maximum atomic E-state index is 12.5. The summed E-state index contributed by atoms with van der Waals surface area (Å²) in [6, 6.07) is 8.75. The topological polar surface area (TPSA) is 41.1 Å². The van der Waals surface area contributed by atoms with Gasteiger partial charge in [-0.05, 0) is 48.8 Å². The van der Waals surface area contributed by atoms with Crippen molar-refractivity contribution >= 4 is 11.6 Å². The Hall–Kier alpha value is -1.35. The molecule has 1 heterocycles. The monoisotopic (exact) mass is 286 g/mol. The number of carbonyl (C=O) groups is 1. The molecule has 3 nitrogen and oxygen atoms in total. The summed E-state index contributed by atoms with van der Waals surface area (Å²) in [4.78, 5) is 12.5. The summed E-state index contributed by atoms with van der Waals surface area (Å²) < 4.78 is 0. The van der Waals surface area contributed by atoms with E-state index in [1.54, 1.807) is 0 Å². The maximum Gasteiger partial charge on any atom is 0.241 e. The van der Waals surface area contributed by atoms with E-state index in [-0.39, 0.29) is 11.9 Å². The van der Waals surface area contributed by atoms with Crippen molar-refractivity contribution in [2.24, 2.45) is 5.92 Å². The molecular formula is C18H26N2O. The molecule has 114 valence electrons. The SMILES string of the molecule is CC(C)c1cccc(NC(=O)C2CC3CCCCC3N2)c1. The minimum absolute atomic E-state index is 0.0131. The maximum absolute atomic E-state index is 12.5. The molecule has 2 aliphatic rings. The Bertz CT molecular complexity index is 498. The lowest BCUT2D eigenvalue weighted by molar-refractivity contribution is -0.117. The number of hydrogen-bond acceptors (Lipinski definition) is 2. The lowest BCUT2D eigenvalue weighted by atomic mass is 9.85. The van der Waals surface area contributed by atoms with Crippen LogP contribution in [0.1, 0.15) is 57.4 Å². The summed E-state index contributed by atoms with van der Waals surface area (Å²) in [6.07, 6.45) is 6.15. The van der Waals surface area contributed by atoms with Gasteiger partial charge < -0.3 is 10.6 Å². The van der Waals surface area contributed by atoms with Crippen LogP contribution >= 0.6 is 0 Å². The van der Waals surface area contributed by atoms with Crippen molar-refractivity contribution < 1.29 is 4.79 Å². The highest BCUT2D eigenvalue weighted by molar-refractivity contribution is 5.95. The van der Waals surface area contributed by atoms with Crippen LogP contribution in [0.15, 0.2) is 24.3 Å². The number of anilines is 1. The summed E-state index contributed by atoms with van der Waals surface area (Å²) in [5.41, 5.74) is 2.18. The number of rotatable bonds is 3. The Morgan fingerprint density at radius 3 is 2.86 bits per heavy atom. The standard InChI is InChI=1S/C18H26N2O/c1-12(2)13-7-5-8-15(10-13)19-18(21)17-11-14-6-3-4-9-16(14)20-17/h5,7-8,10,12,14,16-17,20H,3-4,6,9,11H2,1-2H3,(H,19,21). The lowest BCUT2D eigenvalue weighted by Gasteiger charge is -2.24. The summed E-state index contributed by atoms with van der Waals surface area (Å²) in [5.74, 6) is 1.32. The first-order chi connectivity index (χ1) is 10.1. The average molecular weight is 286 g/mol. The minimum atomic E-state index is -0.0131. The van der Waals surface area contributed by atoms with Crippen LogP contribution in [0.4, 0.5) is 5.69 Å². The van der Waals surface area contributed by atoms with Gasteiger partial charge in [-0.3, -0.25) is 4.79 Å². The van der Waals surface area contributed by atoms with Crippen LogP contribution in [0.5, 0.6) is 0 Å². The van der Waals surface area contributed by atoms with Gasteiger partial charge in [-0.15, -0.1) is 0 Å². The van der Waals surface area contributed by atoms with Gasteiger partial charge in [0.2, 0.25) is 5.91 Å². The van der Waals surface area contributed by atoms with E-state index in [4.69, 9.17) is 0 Å². The smallest absolute Gasteiger partial charge is 0.241 e. The molecule has 1 aromatic rings. The second-order valence-corrected chi connectivity index (χ2v) is 6.88. The number of benzene rings is 1. The van der Waals surface area contributed by atoms with Crippen LogP contribution in [-0.4, -0.2) is 18.0 Å². The summed E-state index contributed by atoms with van der Waals surface area (Å²) in [7, 11) is 0. The predicted octanol–water partition coefficient (Wildman–Crippen LogP) is 3.67. The Labute approximate surface area is 127 Å². The van der Waals surface area contributed by atoms with Crippen molar-refractivity contribution in [1.82, 2.24) is 5.32 Å². The molecule has 1 amide bonds. The van der Waals surface area contributed by atoms with Crippen LogP contribution in [0.25, 0.3) is 0 Å². The second kappa shape index (κ2) is 6.18. The van der Waals surface area contributed by atoms with Crippen molar-refractivity contribution in [1.29, 1.82) is 0 Å². The molecular weight excluding hydrogens is 260 g/mol. The molecule has 2 N–H and O–H groups in total. The van der Waals surface area contributed by atoms with Gasteiger partial charge in [-0.1, -0.05) is 38.8 Å². The molecule has 0 bridgehead atoms. The minimum Gasteiger partial charge on any atom is -0.325 e. The van der Waals surface area contributed by atoms with Gasteiger partial charge in [0.15, 0.2) is 0 Å². The summed E-state index contributed by atoms with van der Waals surface area (Å²) in [6.45, 7) is 4.34. The molecule has 3 atom stereocenters. The van der Waals surface area contributed by atoms with E-state index in [9.17, 15) is 4.79 Å². The molecule has 0 radical (unpaired) electrons. The van der Waals surface area contributed by atoms with E-state index in [1.165, 1.54) is 31.2 Å². The average Bonchev–Trinajstić information content (AvgIpc) is 2.91. The fraction of sp³-hybridized carbons (Fsp3) is 0.611. The zero-order valence-corrected chi connectivity index (χ0v) is 13.1. The highest BCUT2D eigenvalue weighted by Gasteiger charge is 2.38. The molecule has 3 unspecified atom stereocenters. The van der Waals surface area contributed by atoms with Crippen LogP contribution < -0.4 is 10.6 Å². The van der Waals surface area contributed by atoms with Crippen LogP contribution in [-0.2, 0) is 4.79 Å². The number of nitrogens with one attached hydrogen (secondary N) is 2. The van der Waals surface area contributed by atoms with Gasteiger partial charge in [0, 0.05) is 11.7 Å². The Balaban J connectivity index is 1.63. The first kappa shape index (κ1) is 14.6. The molecule has 2 fully saturated rings. The number of hydrogen-bond donors (Lipinski definition) is 2. The van der Waals surface area contributed by atoms with Crippen molar-refractivity contribution in [3.63, 3.8) is 0 Å². The van der Waals surface area contributed by atoms with E-state index >= 15 is 0 Å². The van der Waals surface area contributed by atoms with E-state index in [1.807, 2.05) is 12.1 Å². The van der Waals surface area contributed by atoms with E-state index in [0.717, 1.165) is 12.1 Å². The largest absolute Gasteiger partial charge is 0.325 e.